The summed E-state index contributed by atoms with van der Waals surface area (Å²) in [5.74, 6) is -2.08. The number of ether oxygens (including phenoxy) is 1. The van der Waals surface area contributed by atoms with Gasteiger partial charge in [-0.05, 0) is 23.8 Å². The van der Waals surface area contributed by atoms with Gasteiger partial charge in [-0.25, -0.2) is 9.18 Å². The number of hydrogen-bond acceptors (Lipinski definition) is 4. The van der Waals surface area contributed by atoms with Crippen LogP contribution in [0.4, 0.5) is 4.39 Å². The number of hydrogen-bond donors (Lipinski definition) is 1. The van der Waals surface area contributed by atoms with Crippen molar-refractivity contribution in [3.05, 3.63) is 71.0 Å². The van der Waals surface area contributed by atoms with Crippen molar-refractivity contribution in [3.63, 3.8) is 0 Å². The van der Waals surface area contributed by atoms with Crippen LogP contribution in [0, 0.1) is 17.1 Å². The number of methoxy groups -OCH3 is 1. The molecule has 0 bridgehead atoms. The molecule has 0 unspecified atom stereocenters. The van der Waals surface area contributed by atoms with Gasteiger partial charge in [0.05, 0.1) is 24.3 Å². The highest BCUT2D eigenvalue weighted by Gasteiger charge is 2.24. The molecule has 0 aliphatic heterocycles. The minimum atomic E-state index is -1.03. The van der Waals surface area contributed by atoms with E-state index < -0.39 is 23.7 Å². The van der Waals surface area contributed by atoms with Gasteiger partial charge >= 0.3 is 5.97 Å². The summed E-state index contributed by atoms with van der Waals surface area (Å²) in [4.78, 5) is 24.2. The first-order valence-corrected chi connectivity index (χ1v) is 7.18. The van der Waals surface area contributed by atoms with Gasteiger partial charge in [-0.2, -0.15) is 5.26 Å². The molecule has 0 radical (unpaired) electrons. The minimum absolute atomic E-state index is 0.0661. The Hall–Kier alpha value is -3.20. The van der Waals surface area contributed by atoms with E-state index in [1.165, 1.54) is 25.3 Å². The SMILES string of the molecule is COC(=O)[C@@H](Cc1ccccc1C#N)NC(=O)c1ccccc1F. The number of halogens is 1. The molecule has 0 saturated carbocycles. The number of nitrogens with one attached hydrogen (secondary N) is 1. The van der Waals surface area contributed by atoms with Crippen molar-refractivity contribution in [2.75, 3.05) is 7.11 Å². The van der Waals surface area contributed by atoms with Crippen LogP contribution in [0.2, 0.25) is 0 Å². The van der Waals surface area contributed by atoms with E-state index >= 15 is 0 Å². The largest absolute Gasteiger partial charge is 0.467 e. The van der Waals surface area contributed by atoms with Crippen LogP contribution in [0.25, 0.3) is 0 Å². The Kier molecular flexibility index (Phi) is 5.63. The molecule has 6 heteroatoms. The van der Waals surface area contributed by atoms with Crippen LogP contribution in [0.5, 0.6) is 0 Å². The number of carbonyl (C=O) groups is 2. The Morgan fingerprint density at radius 3 is 2.54 bits per heavy atom. The molecule has 2 aromatic rings. The molecule has 0 aliphatic carbocycles. The van der Waals surface area contributed by atoms with Crippen molar-refractivity contribution in [2.45, 2.75) is 12.5 Å². The Morgan fingerprint density at radius 2 is 1.88 bits per heavy atom. The summed E-state index contributed by atoms with van der Waals surface area (Å²) in [5, 5.41) is 11.6. The molecule has 1 amide bonds. The maximum absolute atomic E-state index is 13.7. The first kappa shape index (κ1) is 17.2. The van der Waals surface area contributed by atoms with Crippen LogP contribution in [0.3, 0.4) is 0 Å². The van der Waals surface area contributed by atoms with Gasteiger partial charge in [-0.3, -0.25) is 4.79 Å². The highest BCUT2D eigenvalue weighted by molar-refractivity contribution is 5.97. The predicted octanol–water partition coefficient (Wildman–Crippen LogP) is 2.21. The van der Waals surface area contributed by atoms with Crippen LogP contribution in [0.1, 0.15) is 21.5 Å². The summed E-state index contributed by atoms with van der Waals surface area (Å²) in [7, 11) is 1.20. The van der Waals surface area contributed by atoms with Gasteiger partial charge in [-0.1, -0.05) is 30.3 Å². The summed E-state index contributed by atoms with van der Waals surface area (Å²) < 4.78 is 18.4. The molecule has 0 saturated heterocycles. The number of nitriles is 1. The van der Waals surface area contributed by atoms with Gasteiger partial charge < -0.3 is 10.1 Å². The van der Waals surface area contributed by atoms with Crippen molar-refractivity contribution in [1.82, 2.24) is 5.32 Å². The number of carbonyl (C=O) groups excluding carboxylic acids is 2. The molecule has 5 nitrogen and oxygen atoms in total. The van der Waals surface area contributed by atoms with Gasteiger partial charge in [0.15, 0.2) is 0 Å². The summed E-state index contributed by atoms with van der Waals surface area (Å²) in [6, 6.07) is 13.2. The molecule has 122 valence electrons. The fourth-order valence-corrected chi connectivity index (χ4v) is 2.24. The van der Waals surface area contributed by atoms with Gasteiger partial charge in [0, 0.05) is 6.42 Å². The van der Waals surface area contributed by atoms with E-state index in [2.05, 4.69) is 5.32 Å². The van der Waals surface area contributed by atoms with Gasteiger partial charge in [-0.15, -0.1) is 0 Å². The number of rotatable bonds is 5. The molecule has 0 aliphatic rings. The zero-order valence-corrected chi connectivity index (χ0v) is 13.0. The first-order valence-electron chi connectivity index (χ1n) is 7.18. The molecule has 1 N–H and O–H groups in total. The Labute approximate surface area is 138 Å². The van der Waals surface area contributed by atoms with E-state index in [4.69, 9.17) is 10.00 Å². The molecule has 1 atom stereocenters. The van der Waals surface area contributed by atoms with Crippen LogP contribution in [0.15, 0.2) is 48.5 Å². The third kappa shape index (κ3) is 3.96. The second-order valence-electron chi connectivity index (χ2n) is 5.00. The lowest BCUT2D eigenvalue weighted by Gasteiger charge is -2.17. The average molecular weight is 326 g/mol. The second kappa shape index (κ2) is 7.88. The van der Waals surface area contributed by atoms with Crippen molar-refractivity contribution in [1.29, 1.82) is 5.26 Å². The monoisotopic (exact) mass is 326 g/mol. The van der Waals surface area contributed by atoms with Crippen LogP contribution in [-0.4, -0.2) is 25.0 Å². The van der Waals surface area contributed by atoms with E-state index in [-0.39, 0.29) is 12.0 Å². The molecular weight excluding hydrogens is 311 g/mol. The summed E-state index contributed by atoms with van der Waals surface area (Å²) in [6.45, 7) is 0. The van der Waals surface area contributed by atoms with Crippen LogP contribution >= 0.6 is 0 Å². The molecule has 0 aromatic heterocycles. The number of benzene rings is 2. The maximum atomic E-state index is 13.7. The molecule has 0 fully saturated rings. The summed E-state index contributed by atoms with van der Waals surface area (Å²) in [6.07, 6.45) is 0.0661. The van der Waals surface area contributed by atoms with E-state index in [0.29, 0.717) is 11.1 Å². The highest BCUT2D eigenvalue weighted by atomic mass is 19.1. The fraction of sp³-hybridized carbons (Fsp3) is 0.167. The summed E-state index contributed by atoms with van der Waals surface area (Å²) in [5.41, 5.74) is 0.816. The lowest BCUT2D eigenvalue weighted by atomic mass is 10.0. The standard InChI is InChI=1S/C18H15FN2O3/c1-24-18(23)16(10-12-6-2-3-7-13(12)11-20)21-17(22)14-8-4-5-9-15(14)19/h2-9,16H,10H2,1H3,(H,21,22)/t16-/m1/s1. The molecule has 24 heavy (non-hydrogen) atoms. The van der Waals surface area contributed by atoms with Crippen molar-refractivity contribution >= 4 is 11.9 Å². The molecule has 2 rings (SSSR count). The fourth-order valence-electron chi connectivity index (χ4n) is 2.24. The topological polar surface area (TPSA) is 79.2 Å². The van der Waals surface area contributed by atoms with E-state index in [1.807, 2.05) is 6.07 Å². The van der Waals surface area contributed by atoms with Crippen LogP contribution < -0.4 is 5.32 Å². The number of amides is 1. The van der Waals surface area contributed by atoms with E-state index in [1.54, 1.807) is 24.3 Å². The Morgan fingerprint density at radius 1 is 1.21 bits per heavy atom. The number of nitrogens with zero attached hydrogens (tertiary/aromatic N) is 1. The molecule has 2 aromatic carbocycles. The third-order valence-electron chi connectivity index (χ3n) is 3.47. The molecular formula is C18H15FN2O3. The van der Waals surface area contributed by atoms with Gasteiger partial charge in [0.25, 0.3) is 5.91 Å². The van der Waals surface area contributed by atoms with Crippen LogP contribution in [-0.2, 0) is 16.0 Å². The smallest absolute Gasteiger partial charge is 0.328 e. The second-order valence-corrected chi connectivity index (χ2v) is 5.00. The van der Waals surface area contributed by atoms with Gasteiger partial charge in [0.1, 0.15) is 11.9 Å². The number of esters is 1. The highest BCUT2D eigenvalue weighted by Crippen LogP contribution is 2.12. The normalized spacial score (nSPS) is 11.2. The Bertz CT molecular complexity index is 799. The minimum Gasteiger partial charge on any atom is -0.467 e. The third-order valence-corrected chi connectivity index (χ3v) is 3.47. The average Bonchev–Trinajstić information content (AvgIpc) is 2.61. The van der Waals surface area contributed by atoms with E-state index in [9.17, 15) is 14.0 Å². The maximum Gasteiger partial charge on any atom is 0.328 e. The van der Waals surface area contributed by atoms with Crippen molar-refractivity contribution in [3.8, 4) is 6.07 Å². The summed E-state index contributed by atoms with van der Waals surface area (Å²) >= 11 is 0. The predicted molar refractivity (Wildman–Crippen MR) is 84.5 cm³/mol. The van der Waals surface area contributed by atoms with E-state index in [0.717, 1.165) is 6.07 Å². The lowest BCUT2D eigenvalue weighted by Crippen LogP contribution is -2.43. The van der Waals surface area contributed by atoms with Gasteiger partial charge in [0.2, 0.25) is 0 Å². The van der Waals surface area contributed by atoms with Crippen molar-refractivity contribution < 1.29 is 18.7 Å². The lowest BCUT2D eigenvalue weighted by molar-refractivity contribution is -0.142. The quantitative estimate of drug-likeness (QED) is 0.855. The molecule has 0 heterocycles. The zero-order valence-electron chi connectivity index (χ0n) is 13.0. The van der Waals surface area contributed by atoms with Crippen molar-refractivity contribution in [2.24, 2.45) is 0 Å². The first-order chi connectivity index (χ1) is 11.6. The Balaban J connectivity index is 2.24. The molecule has 0 spiro atoms. The zero-order chi connectivity index (χ0) is 17.5.